The smallest absolute Gasteiger partial charge is 0.316 e. The van der Waals surface area contributed by atoms with Crippen LogP contribution < -0.4 is 0 Å². The molecule has 0 spiro atoms. The second-order valence-electron chi connectivity index (χ2n) is 5.44. The van der Waals surface area contributed by atoms with E-state index in [1.807, 2.05) is 23.1 Å². The Kier molecular flexibility index (Phi) is 3.76. The quantitative estimate of drug-likeness (QED) is 0.625. The van der Waals surface area contributed by atoms with Gasteiger partial charge in [0.15, 0.2) is 0 Å². The van der Waals surface area contributed by atoms with Gasteiger partial charge in [-0.15, -0.1) is 0 Å². The average molecular weight is 280 g/mol. The monoisotopic (exact) mass is 279 g/mol. The van der Waals surface area contributed by atoms with Crippen LogP contribution in [0, 0.1) is 0 Å². The number of carbonyl (C=O) groups is 1. The number of nitrogens with zero attached hydrogens (tertiary/aromatic N) is 1. The number of hydrogen-bond donors (Lipinski definition) is 0. The van der Waals surface area contributed by atoms with E-state index in [-0.39, 0.29) is 23.6 Å². The number of hydrogen-bond acceptors (Lipinski definition) is 2. The van der Waals surface area contributed by atoms with Crippen molar-refractivity contribution in [3.05, 3.63) is 35.9 Å². The number of piperidine rings is 1. The van der Waals surface area contributed by atoms with Crippen LogP contribution in [0.5, 0.6) is 0 Å². The maximum absolute atomic E-state index is 11.4. The summed E-state index contributed by atoms with van der Waals surface area (Å²) in [4.78, 5) is 13.2. The van der Waals surface area contributed by atoms with Crippen LogP contribution >= 0.6 is 11.6 Å². The van der Waals surface area contributed by atoms with Crippen LogP contribution in [0.25, 0.3) is 0 Å². The molecule has 2 bridgehead atoms. The Bertz CT molecular complexity index is 437. The fourth-order valence-corrected chi connectivity index (χ4v) is 3.61. The summed E-state index contributed by atoms with van der Waals surface area (Å²) in [5, 5.41) is -0.297. The maximum atomic E-state index is 11.4. The summed E-state index contributed by atoms with van der Waals surface area (Å²) in [5.41, 5.74) is 1.20. The van der Waals surface area contributed by atoms with Crippen molar-refractivity contribution in [2.45, 2.75) is 50.5 Å². The van der Waals surface area contributed by atoms with Gasteiger partial charge in [-0.1, -0.05) is 30.3 Å². The number of amides is 1. The van der Waals surface area contributed by atoms with E-state index in [0.717, 1.165) is 25.7 Å². The minimum atomic E-state index is -0.297. The molecule has 0 aliphatic carbocycles. The number of halogens is 1. The lowest BCUT2D eigenvalue weighted by Gasteiger charge is -2.37. The van der Waals surface area contributed by atoms with E-state index in [1.165, 1.54) is 5.56 Å². The lowest BCUT2D eigenvalue weighted by Crippen LogP contribution is -2.46. The van der Waals surface area contributed by atoms with E-state index in [2.05, 4.69) is 12.1 Å². The third-order valence-electron chi connectivity index (χ3n) is 4.22. The van der Waals surface area contributed by atoms with E-state index in [9.17, 15) is 4.79 Å². The van der Waals surface area contributed by atoms with Crippen molar-refractivity contribution in [2.75, 3.05) is 0 Å². The zero-order valence-corrected chi connectivity index (χ0v) is 11.6. The summed E-state index contributed by atoms with van der Waals surface area (Å²) in [6.07, 6.45) is 4.22. The fraction of sp³-hybridized carbons (Fsp3) is 0.533. The second kappa shape index (κ2) is 5.51. The van der Waals surface area contributed by atoms with Gasteiger partial charge in [-0.25, -0.2) is 0 Å². The van der Waals surface area contributed by atoms with Crippen LogP contribution in [0.4, 0.5) is 4.79 Å². The summed E-state index contributed by atoms with van der Waals surface area (Å²) < 4.78 is 6.00. The highest BCUT2D eigenvalue weighted by Crippen LogP contribution is 2.37. The predicted octanol–water partition coefficient (Wildman–Crippen LogP) is 3.56. The van der Waals surface area contributed by atoms with Gasteiger partial charge in [0.05, 0.1) is 12.7 Å². The normalized spacial score (nSPS) is 29.5. The SMILES string of the molecule is O=C(Cl)N1[C@@H]2CC[C@H]1C[C@@H](OCc1ccccc1)C2. The summed E-state index contributed by atoms with van der Waals surface area (Å²) >= 11 is 5.65. The van der Waals surface area contributed by atoms with Crippen molar-refractivity contribution in [1.82, 2.24) is 4.90 Å². The lowest BCUT2D eigenvalue weighted by atomic mass is 10.0. The molecule has 1 amide bonds. The van der Waals surface area contributed by atoms with Crippen molar-refractivity contribution < 1.29 is 9.53 Å². The first-order valence-electron chi connectivity index (χ1n) is 6.87. The molecular formula is C15H18ClNO2. The van der Waals surface area contributed by atoms with Gasteiger partial charge in [0.1, 0.15) is 0 Å². The average Bonchev–Trinajstić information content (AvgIpc) is 2.70. The molecule has 2 aliphatic heterocycles. The van der Waals surface area contributed by atoms with Crippen molar-refractivity contribution in [2.24, 2.45) is 0 Å². The van der Waals surface area contributed by atoms with Crippen LogP contribution in [-0.4, -0.2) is 28.5 Å². The Morgan fingerprint density at radius 2 is 1.84 bits per heavy atom. The van der Waals surface area contributed by atoms with Crippen molar-refractivity contribution in [3.63, 3.8) is 0 Å². The topological polar surface area (TPSA) is 29.5 Å². The second-order valence-corrected chi connectivity index (χ2v) is 5.76. The van der Waals surface area contributed by atoms with Crippen LogP contribution in [0.15, 0.2) is 30.3 Å². The molecule has 3 atom stereocenters. The first-order chi connectivity index (χ1) is 9.24. The molecule has 0 saturated carbocycles. The van der Waals surface area contributed by atoms with Gasteiger partial charge >= 0.3 is 5.37 Å². The highest BCUT2D eigenvalue weighted by molar-refractivity contribution is 6.62. The predicted molar refractivity (Wildman–Crippen MR) is 74.2 cm³/mol. The molecule has 1 aromatic rings. The van der Waals surface area contributed by atoms with E-state index in [1.54, 1.807) is 0 Å². The van der Waals surface area contributed by atoms with Crippen LogP contribution in [0.3, 0.4) is 0 Å². The van der Waals surface area contributed by atoms with Gasteiger partial charge in [0, 0.05) is 12.1 Å². The zero-order chi connectivity index (χ0) is 13.2. The molecule has 2 heterocycles. The highest BCUT2D eigenvalue weighted by atomic mass is 35.5. The zero-order valence-electron chi connectivity index (χ0n) is 10.8. The molecule has 0 aromatic heterocycles. The molecule has 3 nitrogen and oxygen atoms in total. The minimum absolute atomic E-state index is 0.255. The molecule has 102 valence electrons. The van der Waals surface area contributed by atoms with Gasteiger partial charge in [-0.05, 0) is 42.8 Å². The lowest BCUT2D eigenvalue weighted by molar-refractivity contribution is -0.0144. The molecule has 2 fully saturated rings. The standard InChI is InChI=1S/C15H18ClNO2/c16-15(18)17-12-6-7-13(17)9-14(8-12)19-10-11-4-2-1-3-5-11/h1-5,12-14H,6-10H2/t12-,13+,14+. The first kappa shape index (κ1) is 12.9. The van der Waals surface area contributed by atoms with Gasteiger partial charge in [-0.3, -0.25) is 4.79 Å². The summed E-state index contributed by atoms with van der Waals surface area (Å²) in [6, 6.07) is 10.8. The first-order valence-corrected chi connectivity index (χ1v) is 7.25. The molecule has 19 heavy (non-hydrogen) atoms. The van der Waals surface area contributed by atoms with Crippen LogP contribution in [0.1, 0.15) is 31.2 Å². The van der Waals surface area contributed by atoms with Gasteiger partial charge in [0.25, 0.3) is 0 Å². The molecule has 3 rings (SSSR count). The van der Waals surface area contributed by atoms with Gasteiger partial charge in [-0.2, -0.15) is 0 Å². The van der Waals surface area contributed by atoms with Gasteiger partial charge < -0.3 is 9.64 Å². The van der Waals surface area contributed by atoms with E-state index >= 15 is 0 Å². The molecular weight excluding hydrogens is 262 g/mol. The summed E-state index contributed by atoms with van der Waals surface area (Å²) in [5.74, 6) is 0. The van der Waals surface area contributed by atoms with Crippen molar-refractivity contribution >= 4 is 17.0 Å². The summed E-state index contributed by atoms with van der Waals surface area (Å²) in [6.45, 7) is 0.653. The Hall–Kier alpha value is -1.06. The summed E-state index contributed by atoms with van der Waals surface area (Å²) in [7, 11) is 0. The molecule has 2 aliphatic rings. The Labute approximate surface area is 118 Å². The minimum Gasteiger partial charge on any atom is -0.373 e. The highest BCUT2D eigenvalue weighted by Gasteiger charge is 2.43. The third kappa shape index (κ3) is 2.77. The molecule has 0 radical (unpaired) electrons. The molecule has 1 aromatic carbocycles. The maximum Gasteiger partial charge on any atom is 0.316 e. The van der Waals surface area contributed by atoms with E-state index in [4.69, 9.17) is 16.3 Å². The number of rotatable bonds is 3. The fourth-order valence-electron chi connectivity index (χ4n) is 3.34. The van der Waals surface area contributed by atoms with Crippen LogP contribution in [-0.2, 0) is 11.3 Å². The Morgan fingerprint density at radius 1 is 1.21 bits per heavy atom. The third-order valence-corrected chi connectivity index (χ3v) is 4.42. The largest absolute Gasteiger partial charge is 0.373 e. The van der Waals surface area contributed by atoms with Crippen molar-refractivity contribution in [3.8, 4) is 0 Å². The van der Waals surface area contributed by atoms with Gasteiger partial charge in [0.2, 0.25) is 0 Å². The Morgan fingerprint density at radius 3 is 2.42 bits per heavy atom. The van der Waals surface area contributed by atoms with E-state index in [0.29, 0.717) is 6.61 Å². The number of ether oxygens (including phenoxy) is 1. The molecule has 2 saturated heterocycles. The number of carbonyl (C=O) groups excluding carboxylic acids is 1. The molecule has 4 heteroatoms. The van der Waals surface area contributed by atoms with Crippen molar-refractivity contribution in [1.29, 1.82) is 0 Å². The number of fused-ring (bicyclic) bond motifs is 2. The molecule has 0 N–H and O–H groups in total. The van der Waals surface area contributed by atoms with E-state index < -0.39 is 0 Å². The van der Waals surface area contributed by atoms with Crippen LogP contribution in [0.2, 0.25) is 0 Å². The Balaban J connectivity index is 1.57. The molecule has 0 unspecified atom stereocenters. The number of benzene rings is 1.